The molecule has 8 heteroatoms. The van der Waals surface area contributed by atoms with Crippen LogP contribution in [0.25, 0.3) is 0 Å². The predicted octanol–water partition coefficient (Wildman–Crippen LogP) is 1.58. The first kappa shape index (κ1) is 19.5. The van der Waals surface area contributed by atoms with Gasteiger partial charge in [-0.15, -0.1) is 0 Å². The van der Waals surface area contributed by atoms with Crippen molar-refractivity contribution in [2.75, 3.05) is 11.4 Å². The number of nitrogens with zero attached hydrogens (tertiary/aromatic N) is 3. The molecular formula is C20H22N4O4. The van der Waals surface area contributed by atoms with Crippen molar-refractivity contribution in [3.63, 3.8) is 0 Å². The summed E-state index contributed by atoms with van der Waals surface area (Å²) in [5.41, 5.74) is 0.00783. The summed E-state index contributed by atoms with van der Waals surface area (Å²) in [5.74, 6) is -2.33. The molecule has 0 aliphatic carbocycles. The second-order valence-corrected chi connectivity index (χ2v) is 7.47. The number of para-hydroxylation sites is 1. The van der Waals surface area contributed by atoms with E-state index in [1.165, 1.54) is 23.5 Å². The van der Waals surface area contributed by atoms with Gasteiger partial charge < -0.3 is 15.0 Å². The van der Waals surface area contributed by atoms with E-state index >= 15 is 0 Å². The van der Waals surface area contributed by atoms with Crippen LogP contribution in [0.5, 0.6) is 0 Å². The largest absolute Gasteiger partial charge is 0.460 e. The van der Waals surface area contributed by atoms with Gasteiger partial charge in [0, 0.05) is 24.6 Å². The van der Waals surface area contributed by atoms with Gasteiger partial charge in [0.25, 0.3) is 11.8 Å². The Morgan fingerprint density at radius 2 is 1.89 bits per heavy atom. The summed E-state index contributed by atoms with van der Waals surface area (Å²) < 4.78 is 5.47. The van der Waals surface area contributed by atoms with Crippen LogP contribution in [0.15, 0.2) is 48.9 Å². The summed E-state index contributed by atoms with van der Waals surface area (Å²) in [6.07, 6.45) is 4.12. The molecule has 2 heterocycles. The topological polar surface area (TPSA) is 101 Å². The van der Waals surface area contributed by atoms with Crippen LogP contribution in [0, 0.1) is 5.92 Å². The molecule has 1 aromatic carbocycles. The minimum atomic E-state index is -1.05. The molecule has 0 bridgehead atoms. The lowest BCUT2D eigenvalue weighted by Crippen LogP contribution is -2.47. The maximum Gasteiger partial charge on any atom is 0.313 e. The van der Waals surface area contributed by atoms with Crippen molar-refractivity contribution < 1.29 is 19.1 Å². The third-order valence-corrected chi connectivity index (χ3v) is 4.17. The lowest BCUT2D eigenvalue weighted by atomic mass is 10.0. The van der Waals surface area contributed by atoms with E-state index in [-0.39, 0.29) is 18.1 Å². The van der Waals surface area contributed by atoms with E-state index in [0.29, 0.717) is 5.69 Å². The molecule has 1 fully saturated rings. The summed E-state index contributed by atoms with van der Waals surface area (Å²) in [6.45, 7) is 5.38. The first-order valence-electron chi connectivity index (χ1n) is 8.92. The fourth-order valence-corrected chi connectivity index (χ4v) is 2.95. The molecule has 2 atom stereocenters. The summed E-state index contributed by atoms with van der Waals surface area (Å²) in [7, 11) is 0. The minimum absolute atomic E-state index is 0.0661. The first-order valence-corrected chi connectivity index (χ1v) is 8.92. The Labute approximate surface area is 162 Å². The molecule has 1 aliphatic heterocycles. The molecule has 0 unspecified atom stereocenters. The molecule has 1 N–H and O–H groups in total. The highest BCUT2D eigenvalue weighted by Gasteiger charge is 2.47. The number of carbonyl (C=O) groups excluding carboxylic acids is 3. The first-order chi connectivity index (χ1) is 13.3. The van der Waals surface area contributed by atoms with Crippen LogP contribution in [0.2, 0.25) is 0 Å². The van der Waals surface area contributed by atoms with E-state index in [4.69, 9.17) is 4.74 Å². The quantitative estimate of drug-likeness (QED) is 0.806. The number of hydrogen-bond donors (Lipinski definition) is 1. The van der Waals surface area contributed by atoms with E-state index in [0.717, 1.165) is 0 Å². The highest BCUT2D eigenvalue weighted by Crippen LogP contribution is 2.27. The molecule has 1 aliphatic rings. The van der Waals surface area contributed by atoms with E-state index in [9.17, 15) is 14.4 Å². The number of ether oxygens (including phenoxy) is 1. The third kappa shape index (κ3) is 4.33. The van der Waals surface area contributed by atoms with Crippen molar-refractivity contribution in [2.24, 2.45) is 5.92 Å². The van der Waals surface area contributed by atoms with Crippen molar-refractivity contribution in [2.45, 2.75) is 32.4 Å². The standard InChI is InChI=1S/C20H22N4O4/c1-20(2,3)28-19(27)14-12-24(13-7-5-4-6-8-13)18(26)16(14)23-17(25)15-11-21-9-10-22-15/h4-11,14,16H,12H2,1-3H3,(H,23,25)/t14-,16-/m1/s1. The van der Waals surface area contributed by atoms with Crippen LogP contribution in [0.1, 0.15) is 31.3 Å². The van der Waals surface area contributed by atoms with Crippen LogP contribution < -0.4 is 10.2 Å². The number of hydrogen-bond acceptors (Lipinski definition) is 6. The van der Waals surface area contributed by atoms with Crippen LogP contribution in [-0.2, 0) is 14.3 Å². The molecule has 1 aromatic heterocycles. The second kappa shape index (κ2) is 7.75. The van der Waals surface area contributed by atoms with E-state index < -0.39 is 29.4 Å². The summed E-state index contributed by atoms with van der Waals surface area (Å²) in [5, 5.41) is 2.63. The van der Waals surface area contributed by atoms with Crippen molar-refractivity contribution in [1.82, 2.24) is 15.3 Å². The number of nitrogens with one attached hydrogen (secondary N) is 1. The van der Waals surface area contributed by atoms with Gasteiger partial charge in [0.05, 0.1) is 6.20 Å². The smallest absolute Gasteiger partial charge is 0.313 e. The normalized spacial score (nSPS) is 19.4. The molecule has 2 amide bonds. The van der Waals surface area contributed by atoms with E-state index in [2.05, 4.69) is 15.3 Å². The maximum absolute atomic E-state index is 13.0. The van der Waals surface area contributed by atoms with Crippen LogP contribution >= 0.6 is 0 Å². The number of amides is 2. The Balaban J connectivity index is 1.87. The van der Waals surface area contributed by atoms with E-state index in [1.807, 2.05) is 6.07 Å². The van der Waals surface area contributed by atoms with Crippen LogP contribution in [0.3, 0.4) is 0 Å². The predicted molar refractivity (Wildman–Crippen MR) is 101 cm³/mol. The van der Waals surface area contributed by atoms with Gasteiger partial charge in [0.1, 0.15) is 23.3 Å². The number of anilines is 1. The molecule has 3 rings (SSSR count). The molecule has 0 spiro atoms. The fourth-order valence-electron chi connectivity index (χ4n) is 2.95. The Morgan fingerprint density at radius 3 is 2.50 bits per heavy atom. The Morgan fingerprint density at radius 1 is 1.18 bits per heavy atom. The minimum Gasteiger partial charge on any atom is -0.460 e. The summed E-state index contributed by atoms with van der Waals surface area (Å²) in [4.78, 5) is 47.5. The molecule has 8 nitrogen and oxygen atoms in total. The van der Waals surface area contributed by atoms with Gasteiger partial charge in [-0.05, 0) is 32.9 Å². The molecular weight excluding hydrogens is 360 g/mol. The molecule has 0 saturated carbocycles. The zero-order chi connectivity index (χ0) is 20.3. The number of carbonyl (C=O) groups is 3. The number of esters is 1. The second-order valence-electron chi connectivity index (χ2n) is 7.47. The van der Waals surface area contributed by atoms with Crippen LogP contribution in [-0.4, -0.2) is 45.9 Å². The van der Waals surface area contributed by atoms with Gasteiger partial charge in [0.15, 0.2) is 0 Å². The van der Waals surface area contributed by atoms with Gasteiger partial charge in [-0.25, -0.2) is 4.98 Å². The van der Waals surface area contributed by atoms with Crippen molar-refractivity contribution >= 4 is 23.5 Å². The van der Waals surface area contributed by atoms with Crippen molar-refractivity contribution in [1.29, 1.82) is 0 Å². The highest BCUT2D eigenvalue weighted by atomic mass is 16.6. The monoisotopic (exact) mass is 382 g/mol. The zero-order valence-electron chi connectivity index (χ0n) is 16.0. The van der Waals surface area contributed by atoms with E-state index in [1.54, 1.807) is 45.0 Å². The van der Waals surface area contributed by atoms with Gasteiger partial charge in [-0.2, -0.15) is 0 Å². The SMILES string of the molecule is CC(C)(C)OC(=O)[C@@H]1CN(c2ccccc2)C(=O)[C@@H]1NC(=O)c1cnccn1. The third-order valence-electron chi connectivity index (χ3n) is 4.17. The van der Waals surface area contributed by atoms with Gasteiger partial charge in [0.2, 0.25) is 0 Å². The number of aromatic nitrogens is 2. The molecule has 0 radical (unpaired) electrons. The lowest BCUT2D eigenvalue weighted by Gasteiger charge is -2.24. The summed E-state index contributed by atoms with van der Waals surface area (Å²) >= 11 is 0. The Kier molecular flexibility index (Phi) is 5.39. The fraction of sp³-hybridized carbons (Fsp3) is 0.350. The Bertz CT molecular complexity index is 865. The number of rotatable bonds is 4. The average Bonchev–Trinajstić information content (AvgIpc) is 2.98. The van der Waals surface area contributed by atoms with Gasteiger partial charge >= 0.3 is 5.97 Å². The maximum atomic E-state index is 13.0. The van der Waals surface area contributed by atoms with Gasteiger partial charge in [-0.3, -0.25) is 19.4 Å². The van der Waals surface area contributed by atoms with Gasteiger partial charge in [-0.1, -0.05) is 18.2 Å². The molecule has 28 heavy (non-hydrogen) atoms. The van der Waals surface area contributed by atoms with Crippen LogP contribution in [0.4, 0.5) is 5.69 Å². The van der Waals surface area contributed by atoms with Crippen molar-refractivity contribution in [3.05, 3.63) is 54.6 Å². The molecule has 2 aromatic rings. The zero-order valence-corrected chi connectivity index (χ0v) is 16.0. The average molecular weight is 382 g/mol. The summed E-state index contributed by atoms with van der Waals surface area (Å²) in [6, 6.07) is 7.94. The van der Waals surface area contributed by atoms with Crippen molar-refractivity contribution in [3.8, 4) is 0 Å². The molecule has 1 saturated heterocycles. The Hall–Kier alpha value is -3.29. The lowest BCUT2D eigenvalue weighted by molar-refractivity contribution is -0.160. The number of benzene rings is 1. The molecule has 146 valence electrons. The highest BCUT2D eigenvalue weighted by molar-refractivity contribution is 6.06.